The first kappa shape index (κ1) is 16.9. The predicted molar refractivity (Wildman–Crippen MR) is 88.6 cm³/mol. The van der Waals surface area contributed by atoms with E-state index in [-0.39, 0.29) is 22.4 Å². The van der Waals surface area contributed by atoms with Gasteiger partial charge in [0.15, 0.2) is 0 Å². The van der Waals surface area contributed by atoms with Gasteiger partial charge in [-0.25, -0.2) is 0 Å². The van der Waals surface area contributed by atoms with Gasteiger partial charge in [-0.2, -0.15) is 6.67 Å². The Balaban J connectivity index is 0.00000176. The van der Waals surface area contributed by atoms with Crippen LogP contribution in [0.1, 0.15) is 22.3 Å². The monoisotopic (exact) mass is 474 g/mol. The van der Waals surface area contributed by atoms with E-state index in [0.717, 1.165) is 6.54 Å². The van der Waals surface area contributed by atoms with Crippen molar-refractivity contribution in [3.63, 3.8) is 0 Å². The first-order chi connectivity index (χ1) is 10.1. The van der Waals surface area contributed by atoms with E-state index in [4.69, 9.17) is 0 Å². The minimum absolute atomic E-state index is 0. The predicted octanol–water partition coefficient (Wildman–Crippen LogP) is 4.52. The molecule has 0 radical (unpaired) electrons. The molecule has 22 heavy (non-hydrogen) atoms. The summed E-state index contributed by atoms with van der Waals surface area (Å²) in [5.41, 5.74) is 6.55. The summed E-state index contributed by atoms with van der Waals surface area (Å²) in [5.74, 6) is 0. The van der Waals surface area contributed by atoms with Crippen molar-refractivity contribution < 1.29 is 22.4 Å². The Kier molecular flexibility index (Phi) is 5.52. The number of benzene rings is 2. The molecule has 0 bridgehead atoms. The molecular weight excluding hydrogens is 453 g/mol. The van der Waals surface area contributed by atoms with Crippen molar-refractivity contribution >= 4 is 5.69 Å². The van der Waals surface area contributed by atoms with E-state index in [0.29, 0.717) is 0 Å². The van der Waals surface area contributed by atoms with Crippen molar-refractivity contribution in [2.45, 2.75) is 27.3 Å². The van der Waals surface area contributed by atoms with Gasteiger partial charge in [0.25, 0.3) is 0 Å². The van der Waals surface area contributed by atoms with Gasteiger partial charge < -0.3 is 9.80 Å². The molecule has 0 aromatic heterocycles. The number of nitrogens with zero attached hydrogens (tertiary/aromatic N) is 2. The Labute approximate surface area is 149 Å². The summed E-state index contributed by atoms with van der Waals surface area (Å²) in [6, 6.07) is 15.0. The minimum atomic E-state index is 0. The van der Waals surface area contributed by atoms with Crippen molar-refractivity contribution in [1.29, 1.82) is 0 Å². The van der Waals surface area contributed by atoms with Gasteiger partial charge in [-0.3, -0.25) is 0 Å². The Hall–Kier alpha value is -1.48. The third-order valence-electron chi connectivity index (χ3n) is 3.79. The Morgan fingerprint density at radius 2 is 1.55 bits per heavy atom. The van der Waals surface area contributed by atoms with Gasteiger partial charge in [-0.05, 0) is 49.9 Å². The number of rotatable bonds is 3. The van der Waals surface area contributed by atoms with Gasteiger partial charge in [0.05, 0.1) is 0 Å². The quantitative estimate of drug-likeness (QED) is 0.477. The Bertz CT molecular complexity index is 641. The molecule has 0 saturated heterocycles. The van der Waals surface area contributed by atoms with E-state index in [2.05, 4.69) is 92.1 Å². The maximum absolute atomic E-state index is 2.24. The van der Waals surface area contributed by atoms with E-state index in [1.54, 1.807) is 0 Å². The molecule has 3 heteroatoms. The first-order valence-corrected chi connectivity index (χ1v) is 7.32. The van der Waals surface area contributed by atoms with Gasteiger partial charge in [-0.15, -0.1) is 0 Å². The van der Waals surface area contributed by atoms with Crippen LogP contribution in [0.4, 0.5) is 5.69 Å². The molecule has 2 aromatic carbocycles. The molecule has 0 spiro atoms. The average molecular weight is 474 g/mol. The van der Waals surface area contributed by atoms with Crippen LogP contribution in [-0.4, -0.2) is 4.90 Å². The van der Waals surface area contributed by atoms with E-state index in [1.807, 2.05) is 0 Å². The number of anilines is 1. The molecule has 118 valence electrons. The van der Waals surface area contributed by atoms with E-state index in [9.17, 15) is 0 Å². The molecule has 0 fully saturated rings. The summed E-state index contributed by atoms with van der Waals surface area (Å²) in [7, 11) is 0. The van der Waals surface area contributed by atoms with Gasteiger partial charge in [-0.1, -0.05) is 48.0 Å². The van der Waals surface area contributed by atoms with Gasteiger partial charge in [0.2, 0.25) is 0 Å². The van der Waals surface area contributed by atoms with Crippen LogP contribution in [0.3, 0.4) is 0 Å². The maximum atomic E-state index is 2.24. The first-order valence-electron chi connectivity index (χ1n) is 7.32. The Morgan fingerprint density at radius 3 is 2.18 bits per heavy atom. The fourth-order valence-corrected chi connectivity index (χ4v) is 2.99. The van der Waals surface area contributed by atoms with E-state index >= 15 is 0 Å². The fraction of sp³-hybridized carbons (Fsp3) is 0.211. The molecule has 0 unspecified atom stereocenters. The van der Waals surface area contributed by atoms with E-state index in [1.165, 1.54) is 27.9 Å². The SMILES string of the molecule is Cc1cc(C)c(N2C=CN(Cc3ccccc3)[CH-]2)c(C)c1.[Au+]. The standard InChI is InChI=1S/C19H21N2.Au/c1-15-11-16(2)19(17(3)12-15)21-10-9-20(14-21)13-18-7-5-4-6-8-18;/h4-12,14H,13H2,1-3H3;/q-1;+1. The zero-order chi connectivity index (χ0) is 14.8. The average Bonchev–Trinajstić information content (AvgIpc) is 2.87. The summed E-state index contributed by atoms with van der Waals surface area (Å²) < 4.78 is 0. The fourth-order valence-electron chi connectivity index (χ4n) is 2.99. The second kappa shape index (κ2) is 7.19. The molecule has 2 nitrogen and oxygen atoms in total. The molecule has 0 amide bonds. The van der Waals surface area contributed by atoms with Crippen LogP contribution < -0.4 is 4.90 Å². The van der Waals surface area contributed by atoms with Crippen LogP contribution >= 0.6 is 0 Å². The van der Waals surface area contributed by atoms with Crippen LogP contribution in [0.2, 0.25) is 0 Å². The molecule has 1 heterocycles. The summed E-state index contributed by atoms with van der Waals surface area (Å²) in [4.78, 5) is 4.43. The van der Waals surface area contributed by atoms with Crippen LogP contribution in [0.5, 0.6) is 0 Å². The molecule has 2 aromatic rings. The number of hydrogen-bond acceptors (Lipinski definition) is 2. The normalized spacial score (nSPS) is 13.4. The molecule has 1 aliphatic rings. The molecule has 0 aliphatic carbocycles. The smallest absolute Gasteiger partial charge is 0.504 e. The number of hydrogen-bond donors (Lipinski definition) is 0. The molecule has 0 N–H and O–H groups in total. The Morgan fingerprint density at radius 1 is 0.909 bits per heavy atom. The summed E-state index contributed by atoms with van der Waals surface area (Å²) in [6.45, 7) is 9.57. The number of aryl methyl sites for hydroxylation is 3. The third kappa shape index (κ3) is 3.64. The zero-order valence-electron chi connectivity index (χ0n) is 13.2. The largest absolute Gasteiger partial charge is 1.00 e. The van der Waals surface area contributed by atoms with Crippen LogP contribution in [0.25, 0.3) is 0 Å². The summed E-state index contributed by atoms with van der Waals surface area (Å²) in [6.07, 6.45) is 4.26. The topological polar surface area (TPSA) is 6.48 Å². The van der Waals surface area contributed by atoms with Crippen molar-refractivity contribution in [2.75, 3.05) is 4.90 Å². The second-order valence-corrected chi connectivity index (χ2v) is 5.73. The minimum Gasteiger partial charge on any atom is -0.504 e. The summed E-state index contributed by atoms with van der Waals surface area (Å²) in [5, 5.41) is 0. The summed E-state index contributed by atoms with van der Waals surface area (Å²) >= 11 is 0. The zero-order valence-corrected chi connectivity index (χ0v) is 15.3. The van der Waals surface area contributed by atoms with E-state index < -0.39 is 0 Å². The van der Waals surface area contributed by atoms with Crippen LogP contribution in [0.15, 0.2) is 54.9 Å². The molecule has 3 rings (SSSR count). The van der Waals surface area contributed by atoms with Crippen LogP contribution in [-0.2, 0) is 28.9 Å². The molecule has 0 atom stereocenters. The van der Waals surface area contributed by atoms with Gasteiger partial charge in [0, 0.05) is 12.2 Å². The van der Waals surface area contributed by atoms with Crippen molar-refractivity contribution in [3.05, 3.63) is 83.8 Å². The van der Waals surface area contributed by atoms with Gasteiger partial charge in [0.1, 0.15) is 0 Å². The van der Waals surface area contributed by atoms with Crippen molar-refractivity contribution in [1.82, 2.24) is 4.90 Å². The molecule has 1 aliphatic heterocycles. The van der Waals surface area contributed by atoms with Crippen LogP contribution in [0, 0.1) is 27.4 Å². The third-order valence-corrected chi connectivity index (χ3v) is 3.79. The molecule has 0 saturated carbocycles. The van der Waals surface area contributed by atoms with Gasteiger partial charge >= 0.3 is 22.4 Å². The van der Waals surface area contributed by atoms with Crippen molar-refractivity contribution in [3.8, 4) is 0 Å². The van der Waals surface area contributed by atoms with Crippen molar-refractivity contribution in [2.24, 2.45) is 0 Å². The molecular formula is C19H21AuN2. The second-order valence-electron chi connectivity index (χ2n) is 5.73. The maximum Gasteiger partial charge on any atom is 1.00 e.